The van der Waals surface area contributed by atoms with Crippen LogP contribution in [0.5, 0.6) is 11.5 Å². The van der Waals surface area contributed by atoms with E-state index in [2.05, 4.69) is 31.3 Å². The molecule has 4 aromatic carbocycles. The molecule has 0 fully saturated rings. The van der Waals surface area contributed by atoms with Crippen molar-refractivity contribution in [1.82, 2.24) is 4.90 Å². The largest absolute Gasteiger partial charge is 0.493 e. The molecule has 1 N–H and O–H groups in total. The molecule has 5 heteroatoms. The summed E-state index contributed by atoms with van der Waals surface area (Å²) in [5, 5.41) is 3.09. The van der Waals surface area contributed by atoms with Gasteiger partial charge in [-0.25, -0.2) is 4.79 Å². The van der Waals surface area contributed by atoms with E-state index < -0.39 is 0 Å². The summed E-state index contributed by atoms with van der Waals surface area (Å²) in [6.45, 7) is 7.19. The first-order chi connectivity index (χ1) is 18.4. The highest BCUT2D eigenvalue weighted by molar-refractivity contribution is 5.89. The van der Waals surface area contributed by atoms with Crippen LogP contribution < -0.4 is 14.8 Å². The Labute approximate surface area is 226 Å². The van der Waals surface area contributed by atoms with Gasteiger partial charge in [-0.1, -0.05) is 92.7 Å². The van der Waals surface area contributed by atoms with Crippen LogP contribution in [0.4, 0.5) is 10.5 Å². The van der Waals surface area contributed by atoms with Crippen molar-refractivity contribution in [3.05, 3.63) is 125 Å². The highest BCUT2D eigenvalue weighted by Gasteiger charge is 2.23. The van der Waals surface area contributed by atoms with Gasteiger partial charge in [0.1, 0.15) is 6.61 Å². The van der Waals surface area contributed by atoms with Gasteiger partial charge in [-0.3, -0.25) is 0 Å². The summed E-state index contributed by atoms with van der Waals surface area (Å²) in [5.74, 6) is 1.73. The fraction of sp³-hybridized carbons (Fsp3) is 0.242. The van der Waals surface area contributed by atoms with Gasteiger partial charge in [-0.05, 0) is 59.4 Å². The Morgan fingerprint density at radius 2 is 1.42 bits per heavy atom. The third kappa shape index (κ3) is 6.94. The van der Waals surface area contributed by atoms with Gasteiger partial charge in [-0.2, -0.15) is 0 Å². The average molecular weight is 509 g/mol. The summed E-state index contributed by atoms with van der Waals surface area (Å²) in [6, 6.07) is 33.6. The lowest BCUT2D eigenvalue weighted by Crippen LogP contribution is -2.36. The van der Waals surface area contributed by atoms with Crippen molar-refractivity contribution < 1.29 is 14.3 Å². The summed E-state index contributed by atoms with van der Waals surface area (Å²) in [6.07, 6.45) is 0. The van der Waals surface area contributed by atoms with Crippen LogP contribution >= 0.6 is 0 Å². The van der Waals surface area contributed by atoms with E-state index in [1.54, 1.807) is 7.11 Å². The number of rotatable bonds is 10. The van der Waals surface area contributed by atoms with E-state index in [0.29, 0.717) is 30.6 Å². The van der Waals surface area contributed by atoms with Crippen molar-refractivity contribution in [3.63, 3.8) is 0 Å². The van der Waals surface area contributed by atoms with Gasteiger partial charge in [0.05, 0.1) is 13.2 Å². The Hall–Kier alpha value is -4.25. The number of hydrogen-bond acceptors (Lipinski definition) is 3. The molecule has 0 bridgehead atoms. The molecule has 0 radical (unpaired) electrons. The fourth-order valence-electron chi connectivity index (χ4n) is 4.31. The number of benzene rings is 4. The first-order valence-electron chi connectivity index (χ1n) is 13.0. The van der Waals surface area contributed by atoms with Crippen LogP contribution in [0.15, 0.2) is 103 Å². The lowest BCUT2D eigenvalue weighted by molar-refractivity contribution is 0.189. The van der Waals surface area contributed by atoms with Gasteiger partial charge in [0.2, 0.25) is 0 Å². The SMILES string of the molecule is COc1ccc(CN(C(=O)Nc2ccc(C(C)C)cc2)C(C)c2ccccc2)cc1OCc1ccccc1. The van der Waals surface area contributed by atoms with Crippen LogP contribution in [0.25, 0.3) is 0 Å². The van der Waals surface area contributed by atoms with Crippen molar-refractivity contribution >= 4 is 11.7 Å². The molecular formula is C33H36N2O3. The molecule has 1 unspecified atom stereocenters. The second-order valence-electron chi connectivity index (χ2n) is 9.68. The standard InChI is InChI=1S/C33H36N2O3/c1-24(2)28-16-18-30(19-17-28)34-33(36)35(25(3)29-13-9-6-10-14-29)22-27-15-20-31(37-4)32(21-27)38-23-26-11-7-5-8-12-26/h5-21,24-25H,22-23H2,1-4H3,(H,34,36). The predicted octanol–water partition coefficient (Wildman–Crippen LogP) is 8.19. The summed E-state index contributed by atoms with van der Waals surface area (Å²) in [7, 11) is 1.63. The molecule has 4 aromatic rings. The third-order valence-electron chi connectivity index (χ3n) is 6.66. The average Bonchev–Trinajstić information content (AvgIpc) is 2.95. The molecule has 0 saturated heterocycles. The van der Waals surface area contributed by atoms with Gasteiger partial charge in [0.15, 0.2) is 11.5 Å². The normalized spacial score (nSPS) is 11.6. The summed E-state index contributed by atoms with van der Waals surface area (Å²) < 4.78 is 11.7. The Kier molecular flexibility index (Phi) is 9.04. The summed E-state index contributed by atoms with van der Waals surface area (Å²) >= 11 is 0. The van der Waals surface area contributed by atoms with Crippen molar-refractivity contribution in [2.45, 2.75) is 45.9 Å². The van der Waals surface area contributed by atoms with E-state index in [0.717, 1.165) is 22.4 Å². The van der Waals surface area contributed by atoms with Crippen LogP contribution in [0.3, 0.4) is 0 Å². The minimum Gasteiger partial charge on any atom is -0.493 e. The number of nitrogens with zero attached hydrogens (tertiary/aromatic N) is 1. The summed E-state index contributed by atoms with van der Waals surface area (Å²) in [5.41, 5.74) is 5.08. The predicted molar refractivity (Wildman–Crippen MR) is 154 cm³/mol. The Balaban J connectivity index is 1.57. The summed E-state index contributed by atoms with van der Waals surface area (Å²) in [4.78, 5) is 15.5. The first kappa shape index (κ1) is 26.8. The molecule has 0 aromatic heterocycles. The molecule has 0 aliphatic rings. The molecule has 5 nitrogen and oxygen atoms in total. The van der Waals surface area contributed by atoms with Crippen molar-refractivity contribution in [1.29, 1.82) is 0 Å². The zero-order valence-corrected chi connectivity index (χ0v) is 22.6. The number of methoxy groups -OCH3 is 1. The second-order valence-corrected chi connectivity index (χ2v) is 9.68. The lowest BCUT2D eigenvalue weighted by Gasteiger charge is -2.30. The molecule has 4 rings (SSSR count). The highest BCUT2D eigenvalue weighted by Crippen LogP contribution is 2.31. The second kappa shape index (κ2) is 12.8. The van der Waals surface area contributed by atoms with Crippen molar-refractivity contribution in [3.8, 4) is 11.5 Å². The van der Waals surface area contributed by atoms with Gasteiger partial charge in [0.25, 0.3) is 0 Å². The molecular weight excluding hydrogens is 472 g/mol. The quantitative estimate of drug-likeness (QED) is 0.235. The van der Waals surface area contributed by atoms with E-state index in [4.69, 9.17) is 9.47 Å². The van der Waals surface area contributed by atoms with E-state index in [1.807, 2.05) is 103 Å². The van der Waals surface area contributed by atoms with Crippen molar-refractivity contribution in [2.24, 2.45) is 0 Å². The maximum Gasteiger partial charge on any atom is 0.322 e. The Morgan fingerprint density at radius 3 is 2.05 bits per heavy atom. The number of hydrogen-bond donors (Lipinski definition) is 1. The van der Waals surface area contributed by atoms with Crippen LogP contribution in [0.2, 0.25) is 0 Å². The molecule has 0 aliphatic heterocycles. The number of amides is 2. The Morgan fingerprint density at radius 1 is 0.763 bits per heavy atom. The highest BCUT2D eigenvalue weighted by atomic mass is 16.5. The van der Waals surface area contributed by atoms with E-state index >= 15 is 0 Å². The zero-order valence-electron chi connectivity index (χ0n) is 22.6. The van der Waals surface area contributed by atoms with Gasteiger partial charge in [-0.15, -0.1) is 0 Å². The van der Waals surface area contributed by atoms with Gasteiger partial charge in [0, 0.05) is 12.2 Å². The van der Waals surface area contributed by atoms with Crippen molar-refractivity contribution in [2.75, 3.05) is 12.4 Å². The van der Waals surface area contributed by atoms with Gasteiger partial charge >= 0.3 is 6.03 Å². The lowest BCUT2D eigenvalue weighted by atomic mass is 10.0. The zero-order chi connectivity index (χ0) is 26.9. The van der Waals surface area contributed by atoms with Gasteiger partial charge < -0.3 is 19.7 Å². The van der Waals surface area contributed by atoms with E-state index in [9.17, 15) is 4.79 Å². The molecule has 2 amide bonds. The topological polar surface area (TPSA) is 50.8 Å². The third-order valence-corrected chi connectivity index (χ3v) is 6.66. The number of carbonyl (C=O) groups is 1. The van der Waals surface area contributed by atoms with Crippen LogP contribution in [0, 0.1) is 0 Å². The monoisotopic (exact) mass is 508 g/mol. The smallest absolute Gasteiger partial charge is 0.322 e. The number of carbonyl (C=O) groups excluding carboxylic acids is 1. The molecule has 0 spiro atoms. The number of ether oxygens (including phenoxy) is 2. The minimum atomic E-state index is -0.166. The molecule has 0 heterocycles. The number of anilines is 1. The maximum atomic E-state index is 13.6. The van der Waals surface area contributed by atoms with E-state index in [-0.39, 0.29) is 12.1 Å². The molecule has 38 heavy (non-hydrogen) atoms. The number of nitrogens with one attached hydrogen (secondary N) is 1. The Bertz CT molecular complexity index is 1310. The first-order valence-corrected chi connectivity index (χ1v) is 13.0. The molecule has 0 saturated carbocycles. The fourth-order valence-corrected chi connectivity index (χ4v) is 4.31. The van der Waals surface area contributed by atoms with Crippen LogP contribution in [-0.4, -0.2) is 18.0 Å². The maximum absolute atomic E-state index is 13.6. The van der Waals surface area contributed by atoms with E-state index in [1.165, 1.54) is 5.56 Å². The van der Waals surface area contributed by atoms with Crippen LogP contribution in [0.1, 0.15) is 55.0 Å². The number of urea groups is 1. The molecule has 0 aliphatic carbocycles. The molecule has 1 atom stereocenters. The molecule has 196 valence electrons. The minimum absolute atomic E-state index is 0.151. The van der Waals surface area contributed by atoms with Crippen LogP contribution in [-0.2, 0) is 13.2 Å².